The molecule has 0 saturated carbocycles. The van der Waals surface area contributed by atoms with E-state index in [0.29, 0.717) is 54.4 Å². The van der Waals surface area contributed by atoms with Gasteiger partial charge in [0.05, 0.1) is 13.2 Å². The molecular weight excluding hydrogens is 532 g/mol. The second-order valence-electron chi connectivity index (χ2n) is 10.4. The standard InChI is InChI=1S/C29H31ClN6O4/c30-21-3-1-19(2-4-21)15-25-31-11-7-27(34-25)40-22-8-12-35(13-9-22)17-26-32-23-5-6-24(29(37)38)33-28(23)36(26)16-20-10-14-39-18-20/h1-7,11,20,22H,8-10,12-18H2,(H,37,38). The maximum Gasteiger partial charge on any atom is 0.354 e. The number of rotatable bonds is 9. The van der Waals surface area contributed by atoms with Crippen LogP contribution in [0.5, 0.6) is 5.88 Å². The first kappa shape index (κ1) is 26.6. The van der Waals surface area contributed by atoms with Crippen LogP contribution in [0.3, 0.4) is 0 Å². The summed E-state index contributed by atoms with van der Waals surface area (Å²) < 4.78 is 13.9. The van der Waals surface area contributed by atoms with Crippen LogP contribution >= 0.6 is 11.6 Å². The minimum atomic E-state index is -1.04. The molecule has 0 radical (unpaired) electrons. The number of likely N-dealkylation sites (tertiary alicyclic amines) is 1. The summed E-state index contributed by atoms with van der Waals surface area (Å²) in [5.41, 5.74) is 2.46. The van der Waals surface area contributed by atoms with Gasteiger partial charge in [-0.2, -0.15) is 4.98 Å². The van der Waals surface area contributed by atoms with Crippen LogP contribution < -0.4 is 4.74 Å². The van der Waals surface area contributed by atoms with Crippen molar-refractivity contribution < 1.29 is 19.4 Å². The number of carbonyl (C=O) groups is 1. The van der Waals surface area contributed by atoms with E-state index in [9.17, 15) is 9.90 Å². The van der Waals surface area contributed by atoms with Crippen LogP contribution in [-0.4, -0.2) is 72.9 Å². The molecule has 0 amide bonds. The molecule has 5 heterocycles. The molecule has 208 valence electrons. The Morgan fingerprint density at radius 1 is 1.05 bits per heavy atom. The Hall–Kier alpha value is -3.60. The van der Waals surface area contributed by atoms with E-state index in [1.807, 2.05) is 30.3 Å². The van der Waals surface area contributed by atoms with E-state index in [0.717, 1.165) is 55.9 Å². The van der Waals surface area contributed by atoms with Gasteiger partial charge in [-0.15, -0.1) is 0 Å². The number of hydrogen-bond donors (Lipinski definition) is 1. The normalized spacial score (nSPS) is 18.4. The fourth-order valence-corrected chi connectivity index (χ4v) is 5.46. The summed E-state index contributed by atoms with van der Waals surface area (Å²) in [5.74, 6) is 1.53. The van der Waals surface area contributed by atoms with Gasteiger partial charge < -0.3 is 19.1 Å². The molecule has 0 spiro atoms. The summed E-state index contributed by atoms with van der Waals surface area (Å²) in [4.78, 5) is 32.2. The smallest absolute Gasteiger partial charge is 0.354 e. The molecule has 11 heteroatoms. The largest absolute Gasteiger partial charge is 0.477 e. The van der Waals surface area contributed by atoms with Gasteiger partial charge >= 0.3 is 5.97 Å². The lowest BCUT2D eigenvalue weighted by molar-refractivity contribution is 0.0690. The predicted octanol–water partition coefficient (Wildman–Crippen LogP) is 4.24. The fourth-order valence-electron chi connectivity index (χ4n) is 5.34. The van der Waals surface area contributed by atoms with Crippen LogP contribution in [0, 0.1) is 5.92 Å². The van der Waals surface area contributed by atoms with E-state index < -0.39 is 5.97 Å². The second kappa shape index (κ2) is 11.9. The molecule has 2 saturated heterocycles. The average Bonchev–Trinajstić information content (AvgIpc) is 3.59. The number of hydrogen-bond acceptors (Lipinski definition) is 8. The molecule has 1 atom stereocenters. The van der Waals surface area contributed by atoms with Crippen molar-refractivity contribution in [2.45, 2.75) is 44.9 Å². The van der Waals surface area contributed by atoms with Gasteiger partial charge in [0.25, 0.3) is 0 Å². The number of aromatic carboxylic acids is 1. The lowest BCUT2D eigenvalue weighted by Gasteiger charge is -2.31. The summed E-state index contributed by atoms with van der Waals surface area (Å²) in [5, 5.41) is 10.2. The highest BCUT2D eigenvalue weighted by Crippen LogP contribution is 2.24. The Labute approximate surface area is 237 Å². The number of fused-ring (bicyclic) bond motifs is 1. The zero-order valence-electron chi connectivity index (χ0n) is 22.1. The average molecular weight is 563 g/mol. The first-order chi connectivity index (χ1) is 19.5. The number of halogens is 1. The number of pyridine rings is 1. The highest BCUT2D eigenvalue weighted by molar-refractivity contribution is 6.30. The highest BCUT2D eigenvalue weighted by Gasteiger charge is 2.25. The zero-order chi connectivity index (χ0) is 27.5. The molecular formula is C29H31ClN6O4. The third-order valence-electron chi connectivity index (χ3n) is 7.50. The van der Waals surface area contributed by atoms with Crippen LogP contribution in [0.2, 0.25) is 5.02 Å². The van der Waals surface area contributed by atoms with E-state index in [2.05, 4.69) is 24.4 Å². The van der Waals surface area contributed by atoms with Crippen molar-refractivity contribution in [2.24, 2.45) is 5.92 Å². The van der Waals surface area contributed by atoms with Gasteiger partial charge in [-0.05, 0) is 49.1 Å². The third-order valence-corrected chi connectivity index (χ3v) is 7.75. The van der Waals surface area contributed by atoms with Crippen molar-refractivity contribution in [1.29, 1.82) is 0 Å². The maximum absolute atomic E-state index is 11.6. The molecule has 40 heavy (non-hydrogen) atoms. The summed E-state index contributed by atoms with van der Waals surface area (Å²) in [6.07, 6.45) is 5.15. The van der Waals surface area contributed by atoms with Crippen LogP contribution in [0.4, 0.5) is 0 Å². The second-order valence-corrected chi connectivity index (χ2v) is 10.9. The van der Waals surface area contributed by atoms with Crippen molar-refractivity contribution in [1.82, 2.24) is 29.4 Å². The summed E-state index contributed by atoms with van der Waals surface area (Å²) in [6, 6.07) is 12.8. The number of piperidine rings is 1. The molecule has 3 aromatic heterocycles. The van der Waals surface area contributed by atoms with Gasteiger partial charge in [0, 0.05) is 55.9 Å². The molecule has 2 aliphatic rings. The quantitative estimate of drug-likeness (QED) is 0.320. The number of ether oxygens (including phenoxy) is 2. The van der Waals surface area contributed by atoms with Crippen LogP contribution in [-0.2, 0) is 24.2 Å². The van der Waals surface area contributed by atoms with E-state index in [1.165, 1.54) is 6.07 Å². The van der Waals surface area contributed by atoms with Crippen molar-refractivity contribution >= 4 is 28.7 Å². The lowest BCUT2D eigenvalue weighted by atomic mass is 10.1. The van der Waals surface area contributed by atoms with Gasteiger partial charge in [-0.25, -0.2) is 19.7 Å². The molecule has 0 bridgehead atoms. The van der Waals surface area contributed by atoms with Gasteiger partial charge in [0.2, 0.25) is 5.88 Å². The van der Waals surface area contributed by atoms with Crippen molar-refractivity contribution in [3.8, 4) is 5.88 Å². The molecule has 2 aliphatic heterocycles. The van der Waals surface area contributed by atoms with Crippen molar-refractivity contribution in [2.75, 3.05) is 26.3 Å². The number of benzene rings is 1. The third kappa shape index (κ3) is 6.24. The van der Waals surface area contributed by atoms with E-state index in [1.54, 1.807) is 12.3 Å². The Kier molecular flexibility index (Phi) is 7.90. The van der Waals surface area contributed by atoms with Crippen LogP contribution in [0.15, 0.2) is 48.7 Å². The van der Waals surface area contributed by atoms with Gasteiger partial charge in [0.15, 0.2) is 11.3 Å². The van der Waals surface area contributed by atoms with Crippen molar-refractivity contribution in [3.05, 3.63) is 76.6 Å². The molecule has 1 aromatic carbocycles. The molecule has 2 fully saturated rings. The predicted molar refractivity (Wildman–Crippen MR) is 149 cm³/mol. The Morgan fingerprint density at radius 3 is 2.62 bits per heavy atom. The van der Waals surface area contributed by atoms with Gasteiger partial charge in [-0.1, -0.05) is 23.7 Å². The first-order valence-electron chi connectivity index (χ1n) is 13.6. The summed E-state index contributed by atoms with van der Waals surface area (Å²) >= 11 is 5.99. The lowest BCUT2D eigenvalue weighted by Crippen LogP contribution is -2.38. The number of carboxylic acid groups (broad SMARTS) is 1. The van der Waals surface area contributed by atoms with E-state index in [-0.39, 0.29) is 11.8 Å². The highest BCUT2D eigenvalue weighted by atomic mass is 35.5. The topological polar surface area (TPSA) is 115 Å². The summed E-state index contributed by atoms with van der Waals surface area (Å²) in [6.45, 7) is 4.55. The molecule has 10 nitrogen and oxygen atoms in total. The van der Waals surface area contributed by atoms with E-state index in [4.69, 9.17) is 26.1 Å². The monoisotopic (exact) mass is 562 g/mol. The number of nitrogens with zero attached hydrogens (tertiary/aromatic N) is 6. The molecule has 4 aromatic rings. The molecule has 0 aliphatic carbocycles. The Morgan fingerprint density at radius 2 is 1.88 bits per heavy atom. The molecule has 1 unspecified atom stereocenters. The SMILES string of the molecule is O=C(O)c1ccc2nc(CN3CCC(Oc4ccnc(Cc5ccc(Cl)cc5)n4)CC3)n(CC3CCOC3)c2n1. The Balaban J connectivity index is 1.10. The maximum atomic E-state index is 11.6. The molecule has 1 N–H and O–H groups in total. The van der Waals surface area contributed by atoms with Crippen LogP contribution in [0.1, 0.15) is 47.0 Å². The Bertz CT molecular complexity index is 1480. The van der Waals surface area contributed by atoms with Gasteiger partial charge in [-0.3, -0.25) is 4.90 Å². The zero-order valence-corrected chi connectivity index (χ0v) is 22.8. The van der Waals surface area contributed by atoms with E-state index >= 15 is 0 Å². The summed E-state index contributed by atoms with van der Waals surface area (Å²) in [7, 11) is 0. The minimum Gasteiger partial charge on any atom is -0.477 e. The fraction of sp³-hybridized carbons (Fsp3) is 0.414. The van der Waals surface area contributed by atoms with Crippen molar-refractivity contribution in [3.63, 3.8) is 0 Å². The van der Waals surface area contributed by atoms with Gasteiger partial charge in [0.1, 0.15) is 23.3 Å². The number of aromatic nitrogens is 5. The minimum absolute atomic E-state index is 0.0295. The number of carboxylic acids is 1. The molecule has 6 rings (SSSR count). The number of imidazole rings is 1. The first-order valence-corrected chi connectivity index (χ1v) is 14.0. The van der Waals surface area contributed by atoms with Crippen LogP contribution in [0.25, 0.3) is 11.2 Å².